The molecule has 4 nitrogen and oxygen atoms in total. The Bertz CT molecular complexity index is 336. The lowest BCUT2D eigenvalue weighted by molar-refractivity contribution is -0.116. The van der Waals surface area contributed by atoms with Gasteiger partial charge in [-0.2, -0.15) is 0 Å². The molecule has 0 unspecified atom stereocenters. The molecule has 1 rings (SSSR count). The van der Waals surface area contributed by atoms with Gasteiger partial charge in [0.25, 0.3) is 0 Å². The summed E-state index contributed by atoms with van der Waals surface area (Å²) in [6, 6.07) is 3.75. The third-order valence-electron chi connectivity index (χ3n) is 2.43. The highest BCUT2D eigenvalue weighted by molar-refractivity contribution is 5.89. The van der Waals surface area contributed by atoms with E-state index < -0.39 is 0 Å². The average Bonchev–Trinajstić information content (AvgIpc) is 2.32. The number of anilines is 1. The van der Waals surface area contributed by atoms with Gasteiger partial charge in [0.15, 0.2) is 0 Å². The first-order chi connectivity index (χ1) is 8.22. The Morgan fingerprint density at radius 1 is 1.35 bits per heavy atom. The molecule has 0 aliphatic heterocycles. The summed E-state index contributed by atoms with van der Waals surface area (Å²) in [6.07, 6.45) is 5.20. The van der Waals surface area contributed by atoms with Crippen molar-refractivity contribution in [2.24, 2.45) is 0 Å². The fourth-order valence-electron chi connectivity index (χ4n) is 1.46. The first-order valence-electron chi connectivity index (χ1n) is 5.94. The first kappa shape index (κ1) is 13.6. The van der Waals surface area contributed by atoms with Crippen LogP contribution in [0.2, 0.25) is 0 Å². The number of aromatic nitrogens is 1. The van der Waals surface area contributed by atoms with E-state index in [1.54, 1.807) is 13.3 Å². The third-order valence-corrected chi connectivity index (χ3v) is 2.43. The van der Waals surface area contributed by atoms with E-state index >= 15 is 0 Å². The fourth-order valence-corrected chi connectivity index (χ4v) is 1.46. The highest BCUT2D eigenvalue weighted by atomic mass is 16.5. The number of nitrogens with one attached hydrogen (secondary N) is 1. The second-order valence-corrected chi connectivity index (χ2v) is 4.07. The van der Waals surface area contributed by atoms with Crippen molar-refractivity contribution in [1.82, 2.24) is 4.98 Å². The van der Waals surface area contributed by atoms with Gasteiger partial charge in [0.1, 0.15) is 5.82 Å². The molecule has 0 atom stereocenters. The molecule has 0 saturated carbocycles. The lowest BCUT2D eigenvalue weighted by atomic mass is 10.2. The summed E-state index contributed by atoms with van der Waals surface area (Å²) in [4.78, 5) is 15.7. The average molecular weight is 236 g/mol. The van der Waals surface area contributed by atoms with Crippen LogP contribution in [0.1, 0.15) is 31.2 Å². The van der Waals surface area contributed by atoms with E-state index in [9.17, 15) is 4.79 Å². The minimum Gasteiger partial charge on any atom is -0.385 e. The lowest BCUT2D eigenvalue weighted by Crippen LogP contribution is -2.12. The maximum absolute atomic E-state index is 11.5. The van der Waals surface area contributed by atoms with Crippen molar-refractivity contribution in [3.63, 3.8) is 0 Å². The van der Waals surface area contributed by atoms with Crippen molar-refractivity contribution >= 4 is 11.7 Å². The van der Waals surface area contributed by atoms with Gasteiger partial charge >= 0.3 is 0 Å². The van der Waals surface area contributed by atoms with Crippen molar-refractivity contribution in [2.45, 2.75) is 32.6 Å². The molecule has 0 aromatic carbocycles. The summed E-state index contributed by atoms with van der Waals surface area (Å²) in [6.45, 7) is 2.73. The number of ether oxygens (including phenoxy) is 1. The molecule has 0 saturated heterocycles. The quantitative estimate of drug-likeness (QED) is 0.740. The van der Waals surface area contributed by atoms with E-state index in [1.807, 2.05) is 19.1 Å². The predicted molar refractivity (Wildman–Crippen MR) is 67.9 cm³/mol. The van der Waals surface area contributed by atoms with Gasteiger partial charge < -0.3 is 10.1 Å². The Kier molecular flexibility index (Phi) is 6.25. The minimum atomic E-state index is 0.0266. The highest BCUT2D eigenvalue weighted by Gasteiger charge is 2.02. The monoisotopic (exact) mass is 236 g/mol. The van der Waals surface area contributed by atoms with Crippen LogP contribution < -0.4 is 5.32 Å². The summed E-state index contributed by atoms with van der Waals surface area (Å²) < 4.78 is 4.95. The van der Waals surface area contributed by atoms with Gasteiger partial charge in [0.05, 0.1) is 0 Å². The zero-order valence-electron chi connectivity index (χ0n) is 10.5. The fraction of sp³-hybridized carbons (Fsp3) is 0.538. The first-order valence-corrected chi connectivity index (χ1v) is 5.94. The number of unbranched alkanes of at least 4 members (excludes halogenated alkanes) is 2. The number of amides is 1. The van der Waals surface area contributed by atoms with Crippen LogP contribution in [0.3, 0.4) is 0 Å². The van der Waals surface area contributed by atoms with E-state index in [1.165, 1.54) is 0 Å². The second-order valence-electron chi connectivity index (χ2n) is 4.07. The number of nitrogens with zero attached hydrogens (tertiary/aromatic N) is 1. The number of aryl methyl sites for hydroxylation is 1. The van der Waals surface area contributed by atoms with Crippen LogP contribution in [0.4, 0.5) is 5.82 Å². The molecule has 1 amide bonds. The Hall–Kier alpha value is -1.42. The molecule has 0 aliphatic carbocycles. The zero-order valence-corrected chi connectivity index (χ0v) is 10.5. The van der Waals surface area contributed by atoms with Gasteiger partial charge in [-0.1, -0.05) is 12.5 Å². The summed E-state index contributed by atoms with van der Waals surface area (Å²) in [7, 11) is 1.69. The maximum Gasteiger partial charge on any atom is 0.225 e. The number of carbonyl (C=O) groups is 1. The Balaban J connectivity index is 2.18. The third kappa shape index (κ3) is 6.02. The smallest absolute Gasteiger partial charge is 0.225 e. The molecule has 0 spiro atoms. The number of methoxy groups -OCH3 is 1. The molecule has 1 aromatic rings. The molecule has 1 aromatic heterocycles. The van der Waals surface area contributed by atoms with Crippen LogP contribution in [0, 0.1) is 6.92 Å². The Labute approximate surface area is 102 Å². The molecule has 0 radical (unpaired) electrons. The van der Waals surface area contributed by atoms with Crippen molar-refractivity contribution in [3.8, 4) is 0 Å². The van der Waals surface area contributed by atoms with Crippen LogP contribution in [0.25, 0.3) is 0 Å². The van der Waals surface area contributed by atoms with E-state index in [0.717, 1.165) is 31.4 Å². The molecule has 17 heavy (non-hydrogen) atoms. The van der Waals surface area contributed by atoms with E-state index in [-0.39, 0.29) is 5.91 Å². The largest absolute Gasteiger partial charge is 0.385 e. The van der Waals surface area contributed by atoms with Crippen molar-refractivity contribution in [1.29, 1.82) is 0 Å². The van der Waals surface area contributed by atoms with Gasteiger partial charge in [-0.05, 0) is 31.4 Å². The van der Waals surface area contributed by atoms with Gasteiger partial charge in [0.2, 0.25) is 5.91 Å². The second kappa shape index (κ2) is 7.79. The Morgan fingerprint density at radius 3 is 2.82 bits per heavy atom. The van der Waals surface area contributed by atoms with Gasteiger partial charge in [-0.3, -0.25) is 4.79 Å². The van der Waals surface area contributed by atoms with Crippen LogP contribution in [-0.4, -0.2) is 24.6 Å². The summed E-state index contributed by atoms with van der Waals surface area (Å²) >= 11 is 0. The molecule has 4 heteroatoms. The van der Waals surface area contributed by atoms with Gasteiger partial charge in [0, 0.05) is 26.3 Å². The molecular formula is C13H20N2O2. The van der Waals surface area contributed by atoms with Crippen LogP contribution in [0.5, 0.6) is 0 Å². The van der Waals surface area contributed by atoms with E-state index in [0.29, 0.717) is 12.2 Å². The topological polar surface area (TPSA) is 51.2 Å². The minimum absolute atomic E-state index is 0.0266. The van der Waals surface area contributed by atoms with Gasteiger partial charge in [-0.15, -0.1) is 0 Å². The molecule has 0 aliphatic rings. The molecule has 0 bridgehead atoms. The molecule has 1 N–H and O–H groups in total. The number of hydrogen-bond donors (Lipinski definition) is 1. The summed E-state index contributed by atoms with van der Waals surface area (Å²) in [5, 5.41) is 2.78. The number of carbonyl (C=O) groups excluding carboxylic acids is 1. The SMILES string of the molecule is COCCCCCC(=O)Nc1ccc(C)cn1. The molecule has 94 valence electrons. The molecular weight excluding hydrogens is 216 g/mol. The molecule has 0 fully saturated rings. The maximum atomic E-state index is 11.5. The highest BCUT2D eigenvalue weighted by Crippen LogP contribution is 2.06. The van der Waals surface area contributed by atoms with Gasteiger partial charge in [-0.25, -0.2) is 4.98 Å². The van der Waals surface area contributed by atoms with E-state index in [2.05, 4.69) is 10.3 Å². The number of pyridine rings is 1. The predicted octanol–water partition coefficient (Wildman–Crippen LogP) is 2.54. The van der Waals surface area contributed by atoms with Crippen molar-refractivity contribution in [3.05, 3.63) is 23.9 Å². The standard InChI is InChI=1S/C13H20N2O2/c1-11-7-8-12(14-10-11)15-13(16)6-4-3-5-9-17-2/h7-8,10H,3-6,9H2,1-2H3,(H,14,15,16). The summed E-state index contributed by atoms with van der Waals surface area (Å²) in [5.74, 6) is 0.649. The Morgan fingerprint density at radius 2 is 2.18 bits per heavy atom. The van der Waals surface area contributed by atoms with Crippen LogP contribution in [0.15, 0.2) is 18.3 Å². The molecule has 1 heterocycles. The summed E-state index contributed by atoms with van der Waals surface area (Å²) in [5.41, 5.74) is 1.09. The van der Waals surface area contributed by atoms with Crippen molar-refractivity contribution < 1.29 is 9.53 Å². The van der Waals surface area contributed by atoms with E-state index in [4.69, 9.17) is 4.74 Å². The lowest BCUT2D eigenvalue weighted by Gasteiger charge is -2.04. The van der Waals surface area contributed by atoms with Crippen LogP contribution in [-0.2, 0) is 9.53 Å². The number of rotatable bonds is 7. The normalized spacial score (nSPS) is 10.2. The van der Waals surface area contributed by atoms with Crippen molar-refractivity contribution in [2.75, 3.05) is 19.0 Å². The number of hydrogen-bond acceptors (Lipinski definition) is 3. The van der Waals surface area contributed by atoms with Crippen LogP contribution >= 0.6 is 0 Å². The zero-order chi connectivity index (χ0) is 12.5.